The van der Waals surface area contributed by atoms with E-state index in [1.54, 1.807) is 30.3 Å². The van der Waals surface area contributed by atoms with E-state index >= 15 is 0 Å². The van der Waals surface area contributed by atoms with Gasteiger partial charge in [-0.25, -0.2) is 4.90 Å². The smallest absolute Gasteiger partial charge is 0.269 e. The molecular weight excluding hydrogens is 270 g/mol. The number of carbonyl (C=O) groups excluding carboxylic acids is 2. The van der Waals surface area contributed by atoms with E-state index in [0.29, 0.717) is 5.69 Å². The lowest BCUT2D eigenvalue weighted by molar-refractivity contribution is 0.0926. The lowest BCUT2D eigenvalue weighted by atomic mass is 10.1. The molecule has 0 saturated carbocycles. The molecule has 6 nitrogen and oxygen atoms in total. The van der Waals surface area contributed by atoms with E-state index in [1.165, 1.54) is 7.05 Å². The molecule has 1 aliphatic heterocycles. The second-order valence-corrected chi connectivity index (χ2v) is 4.57. The summed E-state index contributed by atoms with van der Waals surface area (Å²) >= 11 is 0. The zero-order valence-electron chi connectivity index (χ0n) is 11.0. The molecule has 2 aromatic rings. The molecule has 21 heavy (non-hydrogen) atoms. The van der Waals surface area contributed by atoms with Gasteiger partial charge in [-0.3, -0.25) is 14.4 Å². The number of pyridine rings is 1. The van der Waals surface area contributed by atoms with Gasteiger partial charge in [0.25, 0.3) is 17.4 Å². The largest absolute Gasteiger partial charge is 0.302 e. The number of nitrogens with zero attached hydrogens (tertiary/aromatic N) is 3. The Balaban J connectivity index is 2.28. The molecule has 0 aliphatic carbocycles. The van der Waals surface area contributed by atoms with Crippen molar-refractivity contribution in [3.05, 3.63) is 63.6 Å². The van der Waals surface area contributed by atoms with Gasteiger partial charge in [0.2, 0.25) is 0 Å². The Morgan fingerprint density at radius 2 is 1.71 bits per heavy atom. The Bertz CT molecular complexity index is 876. The van der Waals surface area contributed by atoms with Crippen LogP contribution in [0.2, 0.25) is 0 Å². The van der Waals surface area contributed by atoms with E-state index in [-0.39, 0.29) is 16.8 Å². The van der Waals surface area contributed by atoms with Gasteiger partial charge in [0.1, 0.15) is 11.8 Å². The summed E-state index contributed by atoms with van der Waals surface area (Å²) in [5.41, 5.74) is -0.240. The van der Waals surface area contributed by atoms with E-state index in [2.05, 4.69) is 0 Å². The third-order valence-electron chi connectivity index (χ3n) is 3.41. The van der Waals surface area contributed by atoms with Gasteiger partial charge >= 0.3 is 0 Å². The van der Waals surface area contributed by atoms with Crippen molar-refractivity contribution in [2.24, 2.45) is 7.05 Å². The van der Waals surface area contributed by atoms with Crippen molar-refractivity contribution in [2.75, 3.05) is 4.90 Å². The fourth-order valence-corrected chi connectivity index (χ4v) is 2.35. The summed E-state index contributed by atoms with van der Waals surface area (Å²) in [6.45, 7) is 0. The molecule has 3 rings (SSSR count). The minimum atomic E-state index is -0.589. The van der Waals surface area contributed by atoms with Crippen LogP contribution in [0.3, 0.4) is 0 Å². The molecule has 0 unspecified atom stereocenters. The lowest BCUT2D eigenvalue weighted by Crippen LogP contribution is -2.29. The van der Waals surface area contributed by atoms with Crippen LogP contribution in [0.1, 0.15) is 26.4 Å². The number of nitriles is 1. The second kappa shape index (κ2) is 4.42. The van der Waals surface area contributed by atoms with Gasteiger partial charge in [-0.1, -0.05) is 18.2 Å². The second-order valence-electron chi connectivity index (χ2n) is 4.57. The topological polar surface area (TPSA) is 83.2 Å². The van der Waals surface area contributed by atoms with Crippen LogP contribution in [0.5, 0.6) is 0 Å². The third kappa shape index (κ3) is 1.68. The number of fused-ring (bicyclic) bond motifs is 1. The summed E-state index contributed by atoms with van der Waals surface area (Å²) in [5, 5.41) is 9.18. The van der Waals surface area contributed by atoms with Gasteiger partial charge in [-0.15, -0.1) is 0 Å². The van der Waals surface area contributed by atoms with E-state index in [9.17, 15) is 19.6 Å². The number of anilines is 1. The molecule has 0 radical (unpaired) electrons. The quantitative estimate of drug-likeness (QED) is 0.731. The molecule has 2 amide bonds. The highest BCUT2D eigenvalue weighted by molar-refractivity contribution is 6.35. The van der Waals surface area contributed by atoms with Crippen LogP contribution in [0.15, 0.2) is 41.2 Å². The molecule has 0 atom stereocenters. The van der Waals surface area contributed by atoms with Crippen LogP contribution in [0.25, 0.3) is 0 Å². The Morgan fingerprint density at radius 3 is 2.33 bits per heavy atom. The first-order valence-corrected chi connectivity index (χ1v) is 6.14. The van der Waals surface area contributed by atoms with Gasteiger partial charge in [0, 0.05) is 13.1 Å². The molecule has 102 valence electrons. The lowest BCUT2D eigenvalue weighted by Gasteiger charge is -2.13. The van der Waals surface area contributed by atoms with Crippen molar-refractivity contribution in [3.63, 3.8) is 0 Å². The highest BCUT2D eigenvalue weighted by Gasteiger charge is 2.40. The molecule has 0 bridgehead atoms. The Labute approximate surface area is 119 Å². The molecule has 1 aromatic carbocycles. The van der Waals surface area contributed by atoms with Crippen molar-refractivity contribution in [3.8, 4) is 6.07 Å². The highest BCUT2D eigenvalue weighted by Crippen LogP contribution is 2.28. The molecular formula is C15H9N3O3. The first kappa shape index (κ1) is 12.8. The Hall–Kier alpha value is -3.20. The maximum atomic E-state index is 12.5. The Morgan fingerprint density at radius 1 is 1.05 bits per heavy atom. The number of imide groups is 1. The van der Waals surface area contributed by atoms with E-state index in [4.69, 9.17) is 0 Å². The summed E-state index contributed by atoms with van der Waals surface area (Å²) in [6.07, 6.45) is 0. The number of hydrogen-bond donors (Lipinski definition) is 0. The van der Waals surface area contributed by atoms with Crippen molar-refractivity contribution in [1.82, 2.24) is 4.57 Å². The number of para-hydroxylation sites is 1. The number of benzene rings is 1. The van der Waals surface area contributed by atoms with E-state index < -0.39 is 17.4 Å². The predicted octanol–water partition coefficient (Wildman–Crippen LogP) is 1.06. The standard InChI is InChI=1S/C15H9N3O3/c1-17-11(8-16)13-10(7-12(17)19)14(20)18(15(13)21)9-5-3-2-4-6-9/h2-7H,1H3. The molecule has 0 N–H and O–H groups in total. The fourth-order valence-electron chi connectivity index (χ4n) is 2.35. The fraction of sp³-hybridized carbons (Fsp3) is 0.0667. The summed E-state index contributed by atoms with van der Waals surface area (Å²) in [5.74, 6) is -1.18. The van der Waals surface area contributed by atoms with Gasteiger partial charge in [-0.05, 0) is 12.1 Å². The number of aromatic nitrogens is 1. The molecule has 1 aliphatic rings. The summed E-state index contributed by atoms with van der Waals surface area (Å²) in [7, 11) is 1.39. The zero-order valence-corrected chi connectivity index (χ0v) is 11.0. The van der Waals surface area contributed by atoms with Crippen LogP contribution < -0.4 is 10.5 Å². The van der Waals surface area contributed by atoms with Crippen LogP contribution in [0.4, 0.5) is 5.69 Å². The number of carbonyl (C=O) groups is 2. The van der Waals surface area contributed by atoms with Crippen LogP contribution in [0, 0.1) is 11.3 Å². The van der Waals surface area contributed by atoms with E-state index in [1.807, 2.05) is 6.07 Å². The monoisotopic (exact) mass is 279 g/mol. The van der Waals surface area contributed by atoms with Crippen molar-refractivity contribution in [1.29, 1.82) is 5.26 Å². The van der Waals surface area contributed by atoms with Gasteiger partial charge in [-0.2, -0.15) is 5.26 Å². The van der Waals surface area contributed by atoms with Crippen LogP contribution in [-0.2, 0) is 7.05 Å². The molecule has 2 heterocycles. The summed E-state index contributed by atoms with van der Waals surface area (Å²) in [4.78, 5) is 37.6. The highest BCUT2D eigenvalue weighted by atomic mass is 16.2. The first-order chi connectivity index (χ1) is 10.1. The minimum absolute atomic E-state index is 0.0200. The minimum Gasteiger partial charge on any atom is -0.302 e. The summed E-state index contributed by atoms with van der Waals surface area (Å²) in [6, 6.07) is 11.3. The summed E-state index contributed by atoms with van der Waals surface area (Å²) < 4.78 is 1.07. The maximum absolute atomic E-state index is 12.5. The number of hydrogen-bond acceptors (Lipinski definition) is 4. The van der Waals surface area contributed by atoms with Crippen molar-refractivity contribution < 1.29 is 9.59 Å². The van der Waals surface area contributed by atoms with Crippen LogP contribution in [-0.4, -0.2) is 16.4 Å². The molecule has 1 aromatic heterocycles. The molecule has 0 saturated heterocycles. The average Bonchev–Trinajstić information content (AvgIpc) is 2.73. The molecule has 6 heteroatoms. The third-order valence-corrected chi connectivity index (χ3v) is 3.41. The van der Waals surface area contributed by atoms with Gasteiger partial charge < -0.3 is 4.57 Å². The van der Waals surface area contributed by atoms with Crippen molar-refractivity contribution >= 4 is 17.5 Å². The number of amides is 2. The van der Waals surface area contributed by atoms with Crippen LogP contribution >= 0.6 is 0 Å². The predicted molar refractivity (Wildman–Crippen MR) is 74.0 cm³/mol. The first-order valence-electron chi connectivity index (χ1n) is 6.14. The van der Waals surface area contributed by atoms with E-state index in [0.717, 1.165) is 15.5 Å². The normalized spacial score (nSPS) is 13.2. The maximum Gasteiger partial charge on any atom is 0.269 e. The SMILES string of the molecule is Cn1c(C#N)c2c(cc1=O)C(=O)N(c1ccccc1)C2=O. The molecule has 0 fully saturated rings. The van der Waals surface area contributed by atoms with Gasteiger partial charge in [0.15, 0.2) is 0 Å². The average molecular weight is 279 g/mol. The Kier molecular flexibility index (Phi) is 2.70. The molecule has 0 spiro atoms. The van der Waals surface area contributed by atoms with Gasteiger partial charge in [0.05, 0.1) is 16.8 Å². The number of rotatable bonds is 1. The van der Waals surface area contributed by atoms with Crippen molar-refractivity contribution in [2.45, 2.75) is 0 Å². The zero-order chi connectivity index (χ0) is 15.1.